The van der Waals surface area contributed by atoms with Gasteiger partial charge in [0.25, 0.3) is 0 Å². The van der Waals surface area contributed by atoms with Gasteiger partial charge < -0.3 is 9.73 Å². The molecule has 2 aromatic heterocycles. The van der Waals surface area contributed by atoms with Gasteiger partial charge in [-0.15, -0.1) is 0 Å². The Bertz CT molecular complexity index is 1160. The molecule has 0 fully saturated rings. The van der Waals surface area contributed by atoms with Gasteiger partial charge in [0.2, 0.25) is 26.6 Å². The first-order valence-electron chi connectivity index (χ1n) is 8.64. The Kier molecular flexibility index (Phi) is 4.90. The molecule has 4 aromatic rings. The third-order valence-corrected chi connectivity index (χ3v) is 5.79. The Balaban J connectivity index is 1.76. The number of sulfone groups is 1. The molecule has 6 nitrogen and oxygen atoms in total. The maximum Gasteiger partial charge on any atom is 0.234 e. The largest absolute Gasteiger partial charge is 0.419 e. The van der Waals surface area contributed by atoms with E-state index in [2.05, 4.69) is 15.3 Å². The molecule has 4 rings (SSSR count). The van der Waals surface area contributed by atoms with Crippen LogP contribution in [0.25, 0.3) is 11.5 Å². The second kappa shape index (κ2) is 7.66. The summed E-state index contributed by atoms with van der Waals surface area (Å²) >= 11 is 0. The summed E-state index contributed by atoms with van der Waals surface area (Å²) in [7, 11) is -3.85. The molecule has 0 amide bonds. The minimum Gasteiger partial charge on any atom is -0.419 e. The predicted octanol–water partition coefficient (Wildman–Crippen LogP) is 4.18. The van der Waals surface area contributed by atoms with E-state index in [1.807, 2.05) is 30.3 Å². The second-order valence-corrected chi connectivity index (χ2v) is 7.92. The van der Waals surface area contributed by atoms with Crippen LogP contribution in [0.5, 0.6) is 0 Å². The molecule has 0 unspecified atom stereocenters. The Labute approximate surface area is 162 Å². The fourth-order valence-electron chi connectivity index (χ4n) is 2.70. The lowest BCUT2D eigenvalue weighted by molar-refractivity contribution is 0.576. The van der Waals surface area contributed by atoms with E-state index in [9.17, 15) is 8.42 Å². The first kappa shape index (κ1) is 17.9. The van der Waals surface area contributed by atoms with Gasteiger partial charge in [-0.25, -0.2) is 8.42 Å². The van der Waals surface area contributed by atoms with E-state index in [1.54, 1.807) is 42.7 Å². The third kappa shape index (κ3) is 3.65. The van der Waals surface area contributed by atoms with Crippen molar-refractivity contribution in [3.63, 3.8) is 0 Å². The minimum atomic E-state index is -3.85. The summed E-state index contributed by atoms with van der Waals surface area (Å²) < 4.78 is 32.1. The van der Waals surface area contributed by atoms with Crippen molar-refractivity contribution in [2.24, 2.45) is 0 Å². The highest BCUT2D eigenvalue weighted by Crippen LogP contribution is 2.32. The topological polar surface area (TPSA) is 85.1 Å². The van der Waals surface area contributed by atoms with E-state index in [1.165, 1.54) is 12.1 Å². The van der Waals surface area contributed by atoms with Crippen LogP contribution in [0.2, 0.25) is 0 Å². The van der Waals surface area contributed by atoms with E-state index in [-0.39, 0.29) is 21.7 Å². The van der Waals surface area contributed by atoms with Gasteiger partial charge in [-0.3, -0.25) is 4.98 Å². The number of benzene rings is 2. The number of rotatable bonds is 6. The highest BCUT2D eigenvalue weighted by molar-refractivity contribution is 7.91. The Hall–Kier alpha value is -3.45. The zero-order chi connectivity index (χ0) is 19.4. The molecule has 2 aromatic carbocycles. The van der Waals surface area contributed by atoms with Gasteiger partial charge in [0, 0.05) is 18.9 Å². The summed E-state index contributed by atoms with van der Waals surface area (Å²) in [5.41, 5.74) is 1.59. The molecule has 0 bridgehead atoms. The molecule has 0 radical (unpaired) electrons. The van der Waals surface area contributed by atoms with E-state index in [0.717, 1.165) is 5.56 Å². The van der Waals surface area contributed by atoms with Crippen molar-refractivity contribution in [3.8, 4) is 11.5 Å². The molecule has 0 saturated heterocycles. The van der Waals surface area contributed by atoms with Crippen LogP contribution in [0.15, 0.2) is 99.5 Å². The van der Waals surface area contributed by atoms with E-state index < -0.39 is 9.84 Å². The van der Waals surface area contributed by atoms with Crippen LogP contribution in [-0.4, -0.2) is 18.4 Å². The van der Waals surface area contributed by atoms with Crippen LogP contribution >= 0.6 is 0 Å². The van der Waals surface area contributed by atoms with E-state index in [4.69, 9.17) is 4.42 Å². The molecule has 7 heteroatoms. The van der Waals surface area contributed by atoms with Crippen molar-refractivity contribution in [1.82, 2.24) is 9.97 Å². The molecule has 28 heavy (non-hydrogen) atoms. The fourth-order valence-corrected chi connectivity index (χ4v) is 4.00. The van der Waals surface area contributed by atoms with Gasteiger partial charge in [-0.05, 0) is 29.8 Å². The molecular weight excluding hydrogens is 374 g/mol. The second-order valence-electron chi connectivity index (χ2n) is 6.05. The zero-order valence-electron chi connectivity index (χ0n) is 14.8. The smallest absolute Gasteiger partial charge is 0.234 e. The molecule has 2 heterocycles. The van der Waals surface area contributed by atoms with Crippen molar-refractivity contribution in [1.29, 1.82) is 0 Å². The Morgan fingerprint density at radius 1 is 0.893 bits per heavy atom. The van der Waals surface area contributed by atoms with Crippen LogP contribution in [-0.2, 0) is 16.4 Å². The maximum atomic E-state index is 13.1. The van der Waals surface area contributed by atoms with Gasteiger partial charge >= 0.3 is 0 Å². The van der Waals surface area contributed by atoms with E-state index >= 15 is 0 Å². The zero-order valence-corrected chi connectivity index (χ0v) is 15.6. The summed E-state index contributed by atoms with van der Waals surface area (Å²) in [5, 5.41) is 2.92. The van der Waals surface area contributed by atoms with Crippen molar-refractivity contribution < 1.29 is 12.8 Å². The van der Waals surface area contributed by atoms with Gasteiger partial charge in [-0.2, -0.15) is 4.98 Å². The summed E-state index contributed by atoms with van der Waals surface area (Å²) in [4.78, 5) is 8.48. The van der Waals surface area contributed by atoms with Crippen LogP contribution in [0.4, 0.5) is 5.88 Å². The average Bonchev–Trinajstić information content (AvgIpc) is 3.19. The van der Waals surface area contributed by atoms with Crippen LogP contribution in [0.3, 0.4) is 0 Å². The molecule has 0 aliphatic rings. The lowest BCUT2D eigenvalue weighted by Crippen LogP contribution is -2.07. The first-order chi connectivity index (χ1) is 13.6. The summed E-state index contributed by atoms with van der Waals surface area (Å²) in [6.45, 7) is 0.403. The molecular formula is C21H17N3O3S. The monoisotopic (exact) mass is 391 g/mol. The summed E-state index contributed by atoms with van der Waals surface area (Å²) in [6.07, 6.45) is 3.20. The molecule has 0 aliphatic heterocycles. The molecule has 0 aliphatic carbocycles. The number of aromatic nitrogens is 2. The fraction of sp³-hybridized carbons (Fsp3) is 0.0476. The number of oxazole rings is 1. The average molecular weight is 391 g/mol. The summed E-state index contributed by atoms with van der Waals surface area (Å²) in [6, 6.07) is 21.3. The van der Waals surface area contributed by atoms with Crippen molar-refractivity contribution in [3.05, 3.63) is 90.8 Å². The van der Waals surface area contributed by atoms with Crippen LogP contribution in [0, 0.1) is 0 Å². The van der Waals surface area contributed by atoms with Crippen molar-refractivity contribution in [2.75, 3.05) is 5.32 Å². The van der Waals surface area contributed by atoms with Gasteiger partial charge in [0.1, 0.15) is 0 Å². The van der Waals surface area contributed by atoms with Crippen molar-refractivity contribution >= 4 is 15.7 Å². The minimum absolute atomic E-state index is 0.103. The quantitative estimate of drug-likeness (QED) is 0.531. The number of nitrogens with one attached hydrogen (secondary N) is 1. The van der Waals surface area contributed by atoms with Crippen LogP contribution in [0.1, 0.15) is 5.56 Å². The van der Waals surface area contributed by atoms with E-state index in [0.29, 0.717) is 12.1 Å². The third-order valence-electron chi connectivity index (χ3n) is 4.11. The SMILES string of the molecule is O=S(=O)(c1ccccc1)c1nc(-c2cccnc2)oc1NCc1ccccc1. The first-order valence-corrected chi connectivity index (χ1v) is 10.1. The predicted molar refractivity (Wildman–Crippen MR) is 105 cm³/mol. The number of pyridine rings is 1. The molecule has 0 saturated carbocycles. The number of anilines is 1. The normalized spacial score (nSPS) is 11.3. The number of nitrogens with zero attached hydrogens (tertiary/aromatic N) is 2. The standard InChI is InChI=1S/C21H17N3O3S/c25-28(26,18-11-5-2-6-12-18)21-20(23-14-16-8-3-1-4-9-16)27-19(24-21)17-10-7-13-22-15-17/h1-13,15,23H,14H2. The number of hydrogen-bond donors (Lipinski definition) is 1. The Morgan fingerprint density at radius 2 is 1.61 bits per heavy atom. The summed E-state index contributed by atoms with van der Waals surface area (Å²) in [5.74, 6) is 0.296. The molecule has 1 N–H and O–H groups in total. The highest BCUT2D eigenvalue weighted by atomic mass is 32.2. The number of hydrogen-bond acceptors (Lipinski definition) is 6. The maximum absolute atomic E-state index is 13.1. The lowest BCUT2D eigenvalue weighted by atomic mass is 10.2. The highest BCUT2D eigenvalue weighted by Gasteiger charge is 2.28. The van der Waals surface area contributed by atoms with Crippen molar-refractivity contribution in [2.45, 2.75) is 16.5 Å². The van der Waals surface area contributed by atoms with Crippen LogP contribution < -0.4 is 5.32 Å². The lowest BCUT2D eigenvalue weighted by Gasteiger charge is -2.06. The van der Waals surface area contributed by atoms with Gasteiger partial charge in [0.15, 0.2) is 0 Å². The van der Waals surface area contributed by atoms with Gasteiger partial charge in [-0.1, -0.05) is 48.5 Å². The van der Waals surface area contributed by atoms with Gasteiger partial charge in [0.05, 0.1) is 10.5 Å². The Morgan fingerprint density at radius 3 is 2.29 bits per heavy atom. The molecule has 0 atom stereocenters. The molecule has 0 spiro atoms. The molecule has 140 valence electrons.